The molecule has 0 radical (unpaired) electrons. The van der Waals surface area contributed by atoms with Crippen LogP contribution in [0, 0.1) is 17.0 Å². The standard InChI is InChI=1S/C11H10ClN3O3S/c1-7-9(19-6-13-7)2-3-18-11-5-8(15(16)17)4-10(12)14-11/h4-6H,2-3H2,1H3. The van der Waals surface area contributed by atoms with Crippen molar-refractivity contribution in [1.29, 1.82) is 0 Å². The van der Waals surface area contributed by atoms with Gasteiger partial charge in [-0.2, -0.15) is 0 Å². The summed E-state index contributed by atoms with van der Waals surface area (Å²) in [6, 6.07) is 2.44. The van der Waals surface area contributed by atoms with Crippen LogP contribution in [0.25, 0.3) is 0 Å². The first-order chi connectivity index (χ1) is 9.06. The molecule has 0 aliphatic carbocycles. The molecule has 0 unspecified atom stereocenters. The molecule has 0 bridgehead atoms. The van der Waals surface area contributed by atoms with Gasteiger partial charge in [0.2, 0.25) is 5.88 Å². The first-order valence-electron chi connectivity index (χ1n) is 5.40. The fourth-order valence-corrected chi connectivity index (χ4v) is 2.41. The Kier molecular flexibility index (Phi) is 4.28. The number of rotatable bonds is 5. The fourth-order valence-electron chi connectivity index (χ4n) is 1.45. The first kappa shape index (κ1) is 13.7. The monoisotopic (exact) mass is 299 g/mol. The summed E-state index contributed by atoms with van der Waals surface area (Å²) in [5.41, 5.74) is 2.61. The van der Waals surface area contributed by atoms with Gasteiger partial charge in [-0.05, 0) is 6.92 Å². The van der Waals surface area contributed by atoms with Crippen LogP contribution in [0.3, 0.4) is 0 Å². The number of ether oxygens (including phenoxy) is 1. The lowest BCUT2D eigenvalue weighted by atomic mass is 10.3. The highest BCUT2D eigenvalue weighted by atomic mass is 35.5. The van der Waals surface area contributed by atoms with E-state index in [2.05, 4.69) is 9.97 Å². The van der Waals surface area contributed by atoms with Crippen LogP contribution in [0.15, 0.2) is 17.6 Å². The molecule has 0 aliphatic rings. The van der Waals surface area contributed by atoms with Crippen LogP contribution in [-0.2, 0) is 6.42 Å². The quantitative estimate of drug-likeness (QED) is 0.482. The maximum atomic E-state index is 10.7. The molecule has 2 aromatic heterocycles. The van der Waals surface area contributed by atoms with E-state index >= 15 is 0 Å². The lowest BCUT2D eigenvalue weighted by Crippen LogP contribution is -2.03. The molecule has 8 heteroatoms. The van der Waals surface area contributed by atoms with Crippen molar-refractivity contribution >= 4 is 28.6 Å². The number of hydrogen-bond acceptors (Lipinski definition) is 6. The van der Waals surface area contributed by atoms with Gasteiger partial charge in [0.05, 0.1) is 34.9 Å². The van der Waals surface area contributed by atoms with Crippen LogP contribution in [0.2, 0.25) is 5.15 Å². The number of nitrogens with zero attached hydrogens (tertiary/aromatic N) is 3. The van der Waals surface area contributed by atoms with Crippen LogP contribution in [0.4, 0.5) is 5.69 Å². The Hall–Kier alpha value is -1.73. The van der Waals surface area contributed by atoms with Crippen LogP contribution in [-0.4, -0.2) is 21.5 Å². The van der Waals surface area contributed by atoms with Gasteiger partial charge in [-0.3, -0.25) is 10.1 Å². The molecule has 100 valence electrons. The van der Waals surface area contributed by atoms with Gasteiger partial charge < -0.3 is 4.74 Å². The number of nitro groups is 1. The molecule has 19 heavy (non-hydrogen) atoms. The Morgan fingerprint density at radius 2 is 2.32 bits per heavy atom. The van der Waals surface area contributed by atoms with Gasteiger partial charge in [-0.15, -0.1) is 11.3 Å². The summed E-state index contributed by atoms with van der Waals surface area (Å²) in [6.45, 7) is 2.29. The minimum Gasteiger partial charge on any atom is -0.477 e. The second-order valence-electron chi connectivity index (χ2n) is 3.70. The summed E-state index contributed by atoms with van der Waals surface area (Å²) >= 11 is 7.24. The van der Waals surface area contributed by atoms with E-state index in [4.69, 9.17) is 16.3 Å². The minimum absolute atomic E-state index is 0.0400. The van der Waals surface area contributed by atoms with Crippen molar-refractivity contribution in [2.75, 3.05) is 6.61 Å². The maximum Gasteiger partial charge on any atom is 0.277 e. The Balaban J connectivity index is 2.00. The minimum atomic E-state index is -0.534. The van der Waals surface area contributed by atoms with Crippen molar-refractivity contribution in [1.82, 2.24) is 9.97 Å². The summed E-state index contributed by atoms with van der Waals surface area (Å²) in [5.74, 6) is 0.154. The molecule has 0 saturated carbocycles. The van der Waals surface area contributed by atoms with Crippen LogP contribution < -0.4 is 4.74 Å². The van der Waals surface area contributed by atoms with E-state index in [9.17, 15) is 10.1 Å². The third kappa shape index (κ3) is 3.62. The second-order valence-corrected chi connectivity index (χ2v) is 5.03. The summed E-state index contributed by atoms with van der Waals surface area (Å²) in [4.78, 5) is 19.3. The van der Waals surface area contributed by atoms with Gasteiger partial charge in [0, 0.05) is 11.3 Å². The zero-order chi connectivity index (χ0) is 13.8. The van der Waals surface area contributed by atoms with Crippen LogP contribution >= 0.6 is 22.9 Å². The highest BCUT2D eigenvalue weighted by Gasteiger charge is 2.11. The van der Waals surface area contributed by atoms with E-state index in [1.807, 2.05) is 6.92 Å². The third-order valence-electron chi connectivity index (χ3n) is 2.39. The van der Waals surface area contributed by atoms with Gasteiger partial charge >= 0.3 is 0 Å². The lowest BCUT2D eigenvalue weighted by molar-refractivity contribution is -0.385. The molecule has 0 atom stereocenters. The Bertz CT molecular complexity index is 603. The molecule has 2 rings (SSSR count). The van der Waals surface area contributed by atoms with E-state index in [0.29, 0.717) is 13.0 Å². The van der Waals surface area contributed by atoms with Crippen molar-refractivity contribution < 1.29 is 9.66 Å². The molecule has 6 nitrogen and oxygen atoms in total. The Morgan fingerprint density at radius 3 is 2.95 bits per heavy atom. The summed E-state index contributed by atoms with van der Waals surface area (Å²) < 4.78 is 5.38. The maximum absolute atomic E-state index is 10.7. The van der Waals surface area contributed by atoms with Crippen molar-refractivity contribution in [3.8, 4) is 5.88 Å². The average Bonchev–Trinajstić information content (AvgIpc) is 2.74. The van der Waals surface area contributed by atoms with Gasteiger partial charge in [0.25, 0.3) is 5.69 Å². The average molecular weight is 300 g/mol. The van der Waals surface area contributed by atoms with Gasteiger partial charge in [0.1, 0.15) is 5.15 Å². The van der Waals surface area contributed by atoms with Crippen molar-refractivity contribution in [2.24, 2.45) is 0 Å². The predicted molar refractivity (Wildman–Crippen MR) is 72.0 cm³/mol. The molecule has 0 aromatic carbocycles. The number of pyridine rings is 1. The molecule has 0 N–H and O–H groups in total. The zero-order valence-electron chi connectivity index (χ0n) is 10.00. The normalized spacial score (nSPS) is 10.4. The summed E-state index contributed by atoms with van der Waals surface area (Å²) in [5, 5.41) is 10.7. The number of halogens is 1. The van der Waals surface area contributed by atoms with E-state index in [-0.39, 0.29) is 16.7 Å². The highest BCUT2D eigenvalue weighted by Crippen LogP contribution is 2.22. The van der Waals surface area contributed by atoms with E-state index in [0.717, 1.165) is 10.6 Å². The molecule has 0 aliphatic heterocycles. The molecule has 2 aromatic rings. The number of aromatic nitrogens is 2. The summed E-state index contributed by atoms with van der Waals surface area (Å²) in [7, 11) is 0. The molecule has 0 amide bonds. The third-order valence-corrected chi connectivity index (χ3v) is 3.58. The predicted octanol–water partition coefficient (Wildman–Crippen LogP) is 3.03. The van der Waals surface area contributed by atoms with Gasteiger partial charge in [-0.25, -0.2) is 9.97 Å². The Morgan fingerprint density at radius 1 is 1.53 bits per heavy atom. The van der Waals surface area contributed by atoms with E-state index in [1.54, 1.807) is 16.8 Å². The molecule has 2 heterocycles. The molecular weight excluding hydrogens is 290 g/mol. The van der Waals surface area contributed by atoms with Crippen molar-refractivity contribution in [3.63, 3.8) is 0 Å². The SMILES string of the molecule is Cc1ncsc1CCOc1cc([N+](=O)[O-])cc(Cl)n1. The fraction of sp³-hybridized carbons (Fsp3) is 0.273. The lowest BCUT2D eigenvalue weighted by Gasteiger charge is -2.04. The molecular formula is C11H10ClN3O3S. The van der Waals surface area contributed by atoms with Gasteiger partial charge in [0.15, 0.2) is 0 Å². The zero-order valence-corrected chi connectivity index (χ0v) is 11.6. The first-order valence-corrected chi connectivity index (χ1v) is 6.66. The number of thiazole rings is 1. The van der Waals surface area contributed by atoms with Crippen molar-refractivity contribution in [3.05, 3.63) is 43.5 Å². The molecule has 0 spiro atoms. The van der Waals surface area contributed by atoms with Crippen LogP contribution in [0.5, 0.6) is 5.88 Å². The van der Waals surface area contributed by atoms with E-state index in [1.165, 1.54) is 12.1 Å². The molecule has 0 fully saturated rings. The smallest absolute Gasteiger partial charge is 0.277 e. The summed E-state index contributed by atoms with van der Waals surface area (Å²) in [6.07, 6.45) is 0.679. The van der Waals surface area contributed by atoms with Gasteiger partial charge in [-0.1, -0.05) is 11.6 Å². The highest BCUT2D eigenvalue weighted by molar-refractivity contribution is 7.09. The van der Waals surface area contributed by atoms with E-state index < -0.39 is 4.92 Å². The number of aryl methyl sites for hydroxylation is 1. The Labute approximate surface area is 118 Å². The largest absolute Gasteiger partial charge is 0.477 e. The number of hydrogen-bond donors (Lipinski definition) is 0. The van der Waals surface area contributed by atoms with Crippen LogP contribution in [0.1, 0.15) is 10.6 Å². The second kappa shape index (κ2) is 5.94. The topological polar surface area (TPSA) is 78.2 Å². The van der Waals surface area contributed by atoms with Crippen molar-refractivity contribution in [2.45, 2.75) is 13.3 Å². The molecule has 0 saturated heterocycles.